The fourth-order valence-electron chi connectivity index (χ4n) is 2.10. The molecule has 0 unspecified atom stereocenters. The van der Waals surface area contributed by atoms with E-state index in [-0.39, 0.29) is 18.6 Å². The predicted molar refractivity (Wildman–Crippen MR) is 75.4 cm³/mol. The molecule has 1 heterocycles. The van der Waals surface area contributed by atoms with Crippen LogP contribution < -0.4 is 5.32 Å². The number of rotatable bonds is 4. The predicted octanol–water partition coefficient (Wildman–Crippen LogP) is 1.40. The van der Waals surface area contributed by atoms with Gasteiger partial charge in [-0.15, -0.1) is 0 Å². The largest absolute Gasteiger partial charge is 0.468 e. The van der Waals surface area contributed by atoms with Gasteiger partial charge in [0.1, 0.15) is 5.60 Å². The Bertz CT molecular complexity index is 331. The fraction of sp³-hybridized carbons (Fsp3) is 0.857. The molecule has 1 rings (SSSR count). The van der Waals surface area contributed by atoms with E-state index in [1.165, 1.54) is 7.11 Å². The van der Waals surface area contributed by atoms with E-state index in [1.54, 1.807) is 4.90 Å². The minimum Gasteiger partial charge on any atom is -0.468 e. The highest BCUT2D eigenvalue weighted by atomic mass is 16.6. The number of nitrogens with one attached hydrogen (secondary N) is 1. The van der Waals surface area contributed by atoms with Gasteiger partial charge in [0.15, 0.2) is 0 Å². The molecule has 0 aromatic carbocycles. The fourth-order valence-corrected chi connectivity index (χ4v) is 2.10. The molecule has 0 aliphatic carbocycles. The molecule has 1 saturated heterocycles. The van der Waals surface area contributed by atoms with Crippen LogP contribution in [0.3, 0.4) is 0 Å². The topological polar surface area (TPSA) is 67.9 Å². The van der Waals surface area contributed by atoms with Crippen LogP contribution in [0, 0.1) is 5.92 Å². The standard InChI is InChI=1S/C14H26N2O4/c1-14(2,3)20-13(18)16-7-5-11(6-8-16)9-15-10-12(17)19-4/h11,15H,5-10H2,1-4H3. The van der Waals surface area contributed by atoms with E-state index in [1.807, 2.05) is 20.8 Å². The molecule has 1 aliphatic heterocycles. The molecule has 0 aromatic rings. The highest BCUT2D eigenvalue weighted by Crippen LogP contribution is 2.19. The van der Waals surface area contributed by atoms with Crippen molar-refractivity contribution in [1.29, 1.82) is 0 Å². The van der Waals surface area contributed by atoms with Gasteiger partial charge in [-0.3, -0.25) is 4.79 Å². The Morgan fingerprint density at radius 1 is 1.25 bits per heavy atom. The smallest absolute Gasteiger partial charge is 0.410 e. The summed E-state index contributed by atoms with van der Waals surface area (Å²) >= 11 is 0. The van der Waals surface area contributed by atoms with Crippen LogP contribution in [0.5, 0.6) is 0 Å². The summed E-state index contributed by atoms with van der Waals surface area (Å²) in [5.41, 5.74) is -0.448. The number of carbonyl (C=O) groups is 2. The summed E-state index contributed by atoms with van der Waals surface area (Å²) in [4.78, 5) is 24.6. The molecule has 0 atom stereocenters. The highest BCUT2D eigenvalue weighted by molar-refractivity contribution is 5.71. The molecule has 1 aliphatic rings. The summed E-state index contributed by atoms with van der Waals surface area (Å²) in [6.07, 6.45) is 1.61. The van der Waals surface area contributed by atoms with Gasteiger partial charge in [-0.2, -0.15) is 0 Å². The van der Waals surface area contributed by atoms with Crippen molar-refractivity contribution in [1.82, 2.24) is 10.2 Å². The molecular weight excluding hydrogens is 260 g/mol. The maximum Gasteiger partial charge on any atom is 0.410 e. The monoisotopic (exact) mass is 286 g/mol. The van der Waals surface area contributed by atoms with Crippen molar-refractivity contribution in [2.24, 2.45) is 5.92 Å². The summed E-state index contributed by atoms with van der Waals surface area (Å²) in [6.45, 7) is 8.04. The van der Waals surface area contributed by atoms with E-state index in [0.717, 1.165) is 19.4 Å². The molecule has 20 heavy (non-hydrogen) atoms. The third-order valence-electron chi connectivity index (χ3n) is 3.20. The van der Waals surface area contributed by atoms with E-state index in [2.05, 4.69) is 10.1 Å². The molecule has 0 aromatic heterocycles. The molecule has 1 N–H and O–H groups in total. The third kappa shape index (κ3) is 6.23. The molecule has 1 amide bonds. The average molecular weight is 286 g/mol. The van der Waals surface area contributed by atoms with Crippen molar-refractivity contribution >= 4 is 12.1 Å². The molecule has 0 spiro atoms. The van der Waals surface area contributed by atoms with Gasteiger partial charge in [0.2, 0.25) is 0 Å². The summed E-state index contributed by atoms with van der Waals surface area (Å²) in [5, 5.41) is 3.08. The lowest BCUT2D eigenvalue weighted by molar-refractivity contribution is -0.139. The Morgan fingerprint density at radius 3 is 2.35 bits per heavy atom. The number of piperidine rings is 1. The number of likely N-dealkylation sites (tertiary alicyclic amines) is 1. The first kappa shape index (κ1) is 16.8. The first-order chi connectivity index (χ1) is 9.31. The summed E-state index contributed by atoms with van der Waals surface area (Å²) < 4.78 is 9.91. The Balaban J connectivity index is 2.23. The number of esters is 1. The van der Waals surface area contributed by atoms with E-state index >= 15 is 0 Å². The van der Waals surface area contributed by atoms with Gasteiger partial charge in [0, 0.05) is 13.1 Å². The lowest BCUT2D eigenvalue weighted by atomic mass is 9.97. The second kappa shape index (κ2) is 7.47. The second-order valence-electron chi connectivity index (χ2n) is 6.12. The van der Waals surface area contributed by atoms with Crippen molar-refractivity contribution in [3.05, 3.63) is 0 Å². The second-order valence-corrected chi connectivity index (χ2v) is 6.12. The minimum atomic E-state index is -0.448. The van der Waals surface area contributed by atoms with Crippen LogP contribution in [0.4, 0.5) is 4.79 Å². The van der Waals surface area contributed by atoms with Crippen LogP contribution in [-0.2, 0) is 14.3 Å². The van der Waals surface area contributed by atoms with E-state index < -0.39 is 5.60 Å². The van der Waals surface area contributed by atoms with Crippen LogP contribution in [0.2, 0.25) is 0 Å². The Kier molecular flexibility index (Phi) is 6.26. The number of hydrogen-bond acceptors (Lipinski definition) is 5. The number of methoxy groups -OCH3 is 1. The lowest BCUT2D eigenvalue weighted by Gasteiger charge is -2.33. The van der Waals surface area contributed by atoms with Crippen LogP contribution >= 0.6 is 0 Å². The van der Waals surface area contributed by atoms with Gasteiger partial charge < -0.3 is 19.7 Å². The molecule has 116 valence electrons. The summed E-state index contributed by atoms with van der Waals surface area (Å²) in [7, 11) is 1.38. The van der Waals surface area contributed by atoms with Crippen molar-refractivity contribution in [3.8, 4) is 0 Å². The number of carbonyl (C=O) groups excluding carboxylic acids is 2. The number of nitrogens with zero attached hydrogens (tertiary/aromatic N) is 1. The van der Waals surface area contributed by atoms with Gasteiger partial charge in [0.05, 0.1) is 13.7 Å². The van der Waals surface area contributed by atoms with Gasteiger partial charge in [-0.05, 0) is 46.1 Å². The van der Waals surface area contributed by atoms with Crippen molar-refractivity contribution < 1.29 is 19.1 Å². The van der Waals surface area contributed by atoms with Crippen LogP contribution in [0.25, 0.3) is 0 Å². The molecule has 0 saturated carbocycles. The normalized spacial score (nSPS) is 16.9. The Hall–Kier alpha value is -1.30. The van der Waals surface area contributed by atoms with Crippen LogP contribution in [0.15, 0.2) is 0 Å². The molecule has 6 heteroatoms. The first-order valence-corrected chi connectivity index (χ1v) is 7.07. The number of amides is 1. The van der Waals surface area contributed by atoms with Gasteiger partial charge >= 0.3 is 12.1 Å². The number of hydrogen-bond donors (Lipinski definition) is 1. The summed E-state index contributed by atoms with van der Waals surface area (Å²) in [5.74, 6) is 0.231. The highest BCUT2D eigenvalue weighted by Gasteiger charge is 2.26. The van der Waals surface area contributed by atoms with Crippen molar-refractivity contribution in [3.63, 3.8) is 0 Å². The quantitative estimate of drug-likeness (QED) is 0.791. The zero-order valence-corrected chi connectivity index (χ0v) is 12.9. The zero-order chi connectivity index (χ0) is 15.2. The van der Waals surface area contributed by atoms with Crippen molar-refractivity contribution in [2.75, 3.05) is 33.3 Å². The summed E-state index contributed by atoms with van der Waals surface area (Å²) in [6, 6.07) is 0. The van der Waals surface area contributed by atoms with E-state index in [0.29, 0.717) is 19.0 Å². The SMILES string of the molecule is COC(=O)CNCC1CCN(C(=O)OC(C)(C)C)CC1. The first-order valence-electron chi connectivity index (χ1n) is 7.07. The van der Waals surface area contributed by atoms with Crippen LogP contribution in [0.1, 0.15) is 33.6 Å². The maximum absolute atomic E-state index is 11.9. The lowest BCUT2D eigenvalue weighted by Crippen LogP contribution is -2.43. The molecule has 1 fully saturated rings. The average Bonchev–Trinajstić information content (AvgIpc) is 2.37. The van der Waals surface area contributed by atoms with E-state index in [9.17, 15) is 9.59 Å². The van der Waals surface area contributed by atoms with Gasteiger partial charge in [0.25, 0.3) is 0 Å². The zero-order valence-electron chi connectivity index (χ0n) is 12.9. The minimum absolute atomic E-state index is 0.238. The van der Waals surface area contributed by atoms with E-state index in [4.69, 9.17) is 4.74 Å². The van der Waals surface area contributed by atoms with Gasteiger partial charge in [-0.1, -0.05) is 0 Å². The Labute approximate surface area is 120 Å². The molecular formula is C14H26N2O4. The third-order valence-corrected chi connectivity index (χ3v) is 3.20. The number of ether oxygens (including phenoxy) is 2. The molecule has 0 radical (unpaired) electrons. The van der Waals surface area contributed by atoms with Gasteiger partial charge in [-0.25, -0.2) is 4.79 Å². The maximum atomic E-state index is 11.9. The van der Waals surface area contributed by atoms with Crippen molar-refractivity contribution in [2.45, 2.75) is 39.2 Å². The van der Waals surface area contributed by atoms with Crippen LogP contribution in [-0.4, -0.2) is 55.9 Å². The Morgan fingerprint density at radius 2 is 1.85 bits per heavy atom. The molecule has 0 bridgehead atoms. The molecule has 6 nitrogen and oxygen atoms in total.